The zero-order chi connectivity index (χ0) is 17.3. The average Bonchev–Trinajstić information content (AvgIpc) is 2.45. The summed E-state index contributed by atoms with van der Waals surface area (Å²) in [7, 11) is 0. The second-order valence-electron chi connectivity index (χ2n) is 6.63. The van der Waals surface area contributed by atoms with Gasteiger partial charge in [0.2, 0.25) is 0 Å². The van der Waals surface area contributed by atoms with Gasteiger partial charge in [0.1, 0.15) is 0 Å². The number of rotatable bonds is 4. The lowest BCUT2D eigenvalue weighted by Crippen LogP contribution is -2.08. The van der Waals surface area contributed by atoms with Crippen molar-refractivity contribution >= 4 is 23.2 Å². The lowest BCUT2D eigenvalue weighted by atomic mass is 9.94. The highest BCUT2D eigenvalue weighted by Crippen LogP contribution is 2.34. The van der Waals surface area contributed by atoms with Gasteiger partial charge in [-0.15, -0.1) is 0 Å². The molecule has 0 bridgehead atoms. The predicted octanol–water partition coefficient (Wildman–Crippen LogP) is 6.18. The molecule has 124 valence electrons. The summed E-state index contributed by atoms with van der Waals surface area (Å²) >= 11 is 12.8. The molecule has 0 saturated heterocycles. The monoisotopic (exact) mass is 350 g/mol. The molecule has 0 amide bonds. The summed E-state index contributed by atoms with van der Waals surface area (Å²) in [5.74, 6) is 0.522. The number of halogens is 2. The summed E-state index contributed by atoms with van der Waals surface area (Å²) in [6.45, 7) is 12.6. The average molecular weight is 351 g/mol. The van der Waals surface area contributed by atoms with E-state index < -0.39 is 0 Å². The molecule has 0 spiro atoms. The molecular formula is C19H24Cl2N2. The van der Waals surface area contributed by atoms with Crippen LogP contribution in [-0.2, 0) is 6.42 Å². The summed E-state index contributed by atoms with van der Waals surface area (Å²) in [6, 6.07) is 2.20. The summed E-state index contributed by atoms with van der Waals surface area (Å²) in [6.07, 6.45) is 2.47. The van der Waals surface area contributed by atoms with E-state index in [9.17, 15) is 0 Å². The van der Waals surface area contributed by atoms with Crippen molar-refractivity contribution in [2.45, 2.75) is 59.8 Å². The number of nitrogens with zero attached hydrogens (tertiary/aromatic N) is 2. The van der Waals surface area contributed by atoms with E-state index in [1.165, 1.54) is 11.1 Å². The first kappa shape index (κ1) is 18.2. The zero-order valence-corrected chi connectivity index (χ0v) is 16.2. The van der Waals surface area contributed by atoms with Crippen molar-refractivity contribution in [3.8, 4) is 0 Å². The third kappa shape index (κ3) is 3.87. The Morgan fingerprint density at radius 2 is 1.70 bits per heavy atom. The van der Waals surface area contributed by atoms with Crippen LogP contribution in [0, 0.1) is 20.8 Å². The van der Waals surface area contributed by atoms with Crippen LogP contribution in [0.25, 0.3) is 0 Å². The van der Waals surface area contributed by atoms with Crippen LogP contribution in [0.15, 0.2) is 12.3 Å². The highest BCUT2D eigenvalue weighted by molar-refractivity contribution is 6.36. The zero-order valence-electron chi connectivity index (χ0n) is 14.7. The maximum Gasteiger partial charge on any atom is 0.0671 e. The minimum absolute atomic E-state index is 0.250. The molecule has 0 saturated carbocycles. The Kier molecular flexibility index (Phi) is 5.70. The number of pyridine rings is 2. The second-order valence-corrected chi connectivity index (χ2v) is 7.42. The molecule has 0 fully saturated rings. The van der Waals surface area contributed by atoms with Gasteiger partial charge in [-0.2, -0.15) is 0 Å². The normalized spacial score (nSPS) is 12.7. The Labute approximate surface area is 149 Å². The maximum absolute atomic E-state index is 6.57. The van der Waals surface area contributed by atoms with Crippen LogP contribution in [0.4, 0.5) is 0 Å². The van der Waals surface area contributed by atoms with Crippen LogP contribution in [0.1, 0.15) is 66.4 Å². The van der Waals surface area contributed by atoms with E-state index in [0.717, 1.165) is 29.1 Å². The van der Waals surface area contributed by atoms with Crippen molar-refractivity contribution < 1.29 is 0 Å². The Balaban J connectivity index is 2.36. The molecule has 2 aromatic rings. The SMILES string of the molecule is Cc1cc(C)c(C(C)Cc2ncc(Cl)c(C(C)C)c2Cl)nc1C. The van der Waals surface area contributed by atoms with E-state index in [0.29, 0.717) is 10.0 Å². The molecule has 0 aliphatic heterocycles. The van der Waals surface area contributed by atoms with Gasteiger partial charge in [0.05, 0.1) is 15.7 Å². The van der Waals surface area contributed by atoms with E-state index in [-0.39, 0.29) is 11.8 Å². The van der Waals surface area contributed by atoms with Crippen LogP contribution in [0.5, 0.6) is 0 Å². The molecule has 2 heterocycles. The third-order valence-corrected chi connectivity index (χ3v) is 5.04. The van der Waals surface area contributed by atoms with Gasteiger partial charge in [0.25, 0.3) is 0 Å². The molecule has 0 N–H and O–H groups in total. The molecular weight excluding hydrogens is 327 g/mol. The molecule has 0 aliphatic carbocycles. The van der Waals surface area contributed by atoms with Gasteiger partial charge in [-0.05, 0) is 49.8 Å². The van der Waals surface area contributed by atoms with Crippen LogP contribution in [0.3, 0.4) is 0 Å². The van der Waals surface area contributed by atoms with E-state index in [1.807, 2.05) is 0 Å². The first-order chi connectivity index (χ1) is 10.7. The van der Waals surface area contributed by atoms with E-state index in [1.54, 1.807) is 6.20 Å². The summed E-state index contributed by atoms with van der Waals surface area (Å²) < 4.78 is 0. The predicted molar refractivity (Wildman–Crippen MR) is 98.9 cm³/mol. The molecule has 0 aromatic carbocycles. The Morgan fingerprint density at radius 3 is 2.30 bits per heavy atom. The van der Waals surface area contributed by atoms with E-state index in [2.05, 4.69) is 52.6 Å². The first-order valence-electron chi connectivity index (χ1n) is 7.99. The molecule has 4 heteroatoms. The summed E-state index contributed by atoms with van der Waals surface area (Å²) in [5.41, 5.74) is 6.52. The standard InChI is InChI=1S/C19H24Cl2N2/c1-10(2)17-15(20)9-22-16(18(17)21)8-13(5)19-12(4)7-11(3)14(6)23-19/h7,9-10,13H,8H2,1-6H3. The first-order valence-corrected chi connectivity index (χ1v) is 8.75. The maximum atomic E-state index is 6.57. The number of hydrogen-bond acceptors (Lipinski definition) is 2. The van der Waals surface area contributed by atoms with Crippen molar-refractivity contribution in [1.29, 1.82) is 0 Å². The molecule has 0 radical (unpaired) electrons. The Hall–Kier alpha value is -1.12. The largest absolute Gasteiger partial charge is 0.258 e. The Morgan fingerprint density at radius 1 is 1.04 bits per heavy atom. The van der Waals surface area contributed by atoms with Gasteiger partial charge in [-0.1, -0.05) is 50.0 Å². The second kappa shape index (κ2) is 7.19. The quantitative estimate of drug-likeness (QED) is 0.657. The van der Waals surface area contributed by atoms with Crippen LogP contribution >= 0.6 is 23.2 Å². The van der Waals surface area contributed by atoms with Gasteiger partial charge in [-0.3, -0.25) is 9.97 Å². The minimum Gasteiger partial charge on any atom is -0.258 e. The van der Waals surface area contributed by atoms with Crippen molar-refractivity contribution in [2.24, 2.45) is 0 Å². The lowest BCUT2D eigenvalue weighted by molar-refractivity contribution is 0.702. The number of aryl methyl sites for hydroxylation is 3. The fraction of sp³-hybridized carbons (Fsp3) is 0.474. The van der Waals surface area contributed by atoms with Crippen LogP contribution in [-0.4, -0.2) is 9.97 Å². The third-order valence-electron chi connectivity index (χ3n) is 4.32. The highest BCUT2D eigenvalue weighted by atomic mass is 35.5. The summed E-state index contributed by atoms with van der Waals surface area (Å²) in [4.78, 5) is 9.24. The molecule has 0 aliphatic rings. The Bertz CT molecular complexity index is 724. The molecule has 1 atom stereocenters. The smallest absolute Gasteiger partial charge is 0.0671 e. The molecule has 1 unspecified atom stereocenters. The molecule has 2 nitrogen and oxygen atoms in total. The van der Waals surface area contributed by atoms with Crippen molar-refractivity contribution in [3.05, 3.63) is 56.1 Å². The van der Waals surface area contributed by atoms with Crippen molar-refractivity contribution in [3.63, 3.8) is 0 Å². The van der Waals surface area contributed by atoms with E-state index in [4.69, 9.17) is 28.2 Å². The van der Waals surface area contributed by atoms with Gasteiger partial charge < -0.3 is 0 Å². The fourth-order valence-corrected chi connectivity index (χ4v) is 3.79. The fourth-order valence-electron chi connectivity index (χ4n) is 2.94. The van der Waals surface area contributed by atoms with Gasteiger partial charge in [0.15, 0.2) is 0 Å². The number of hydrogen-bond donors (Lipinski definition) is 0. The summed E-state index contributed by atoms with van der Waals surface area (Å²) in [5, 5.41) is 1.34. The number of aromatic nitrogens is 2. The highest BCUT2D eigenvalue weighted by Gasteiger charge is 2.19. The van der Waals surface area contributed by atoms with Crippen molar-refractivity contribution in [2.75, 3.05) is 0 Å². The topological polar surface area (TPSA) is 25.8 Å². The van der Waals surface area contributed by atoms with Crippen LogP contribution in [0.2, 0.25) is 10.0 Å². The lowest BCUT2D eigenvalue weighted by Gasteiger charge is -2.18. The van der Waals surface area contributed by atoms with Crippen molar-refractivity contribution in [1.82, 2.24) is 9.97 Å². The van der Waals surface area contributed by atoms with Crippen LogP contribution < -0.4 is 0 Å². The van der Waals surface area contributed by atoms with E-state index >= 15 is 0 Å². The molecule has 2 rings (SSSR count). The minimum atomic E-state index is 0.250. The van der Waals surface area contributed by atoms with Gasteiger partial charge in [0, 0.05) is 23.5 Å². The molecule has 2 aromatic heterocycles. The van der Waals surface area contributed by atoms with Gasteiger partial charge >= 0.3 is 0 Å². The molecule has 23 heavy (non-hydrogen) atoms. The van der Waals surface area contributed by atoms with Gasteiger partial charge in [-0.25, -0.2) is 0 Å².